The highest BCUT2D eigenvalue weighted by Gasteiger charge is 2.32. The highest BCUT2D eigenvalue weighted by molar-refractivity contribution is 6.16. The van der Waals surface area contributed by atoms with E-state index >= 15 is 0 Å². The van der Waals surface area contributed by atoms with Crippen molar-refractivity contribution >= 4 is 22.6 Å². The predicted octanol–water partition coefficient (Wildman–Crippen LogP) is 3.43. The third-order valence-electron chi connectivity index (χ3n) is 3.81. The van der Waals surface area contributed by atoms with Gasteiger partial charge in [-0.1, -0.05) is 6.07 Å². The SMILES string of the molecule is COC1CC(n2c(CCl)nc3cc(C)ccc32)C1. The van der Waals surface area contributed by atoms with Gasteiger partial charge in [0, 0.05) is 13.2 Å². The molecule has 2 aromatic rings. The molecule has 0 bridgehead atoms. The van der Waals surface area contributed by atoms with Gasteiger partial charge in [-0.15, -0.1) is 11.6 Å². The zero-order valence-corrected chi connectivity index (χ0v) is 11.4. The lowest BCUT2D eigenvalue weighted by atomic mass is 9.88. The van der Waals surface area contributed by atoms with Gasteiger partial charge >= 0.3 is 0 Å². The molecule has 1 heterocycles. The van der Waals surface area contributed by atoms with Crippen LogP contribution in [0.1, 0.15) is 30.3 Å². The van der Waals surface area contributed by atoms with Crippen molar-refractivity contribution in [2.75, 3.05) is 7.11 Å². The summed E-state index contributed by atoms with van der Waals surface area (Å²) in [6.07, 6.45) is 2.50. The van der Waals surface area contributed by atoms with E-state index in [0.717, 1.165) is 24.2 Å². The van der Waals surface area contributed by atoms with Gasteiger partial charge in [-0.25, -0.2) is 4.98 Å². The third kappa shape index (κ3) is 1.82. The molecule has 0 spiro atoms. The number of hydrogen-bond donors (Lipinski definition) is 0. The van der Waals surface area contributed by atoms with Crippen molar-refractivity contribution in [1.29, 1.82) is 0 Å². The molecule has 0 radical (unpaired) electrons. The normalized spacial score (nSPS) is 23.3. The van der Waals surface area contributed by atoms with E-state index in [1.54, 1.807) is 7.11 Å². The van der Waals surface area contributed by atoms with Crippen molar-refractivity contribution < 1.29 is 4.74 Å². The Balaban J connectivity index is 2.04. The van der Waals surface area contributed by atoms with E-state index < -0.39 is 0 Å². The van der Waals surface area contributed by atoms with Gasteiger partial charge in [0.2, 0.25) is 0 Å². The van der Waals surface area contributed by atoms with Crippen molar-refractivity contribution in [1.82, 2.24) is 9.55 Å². The van der Waals surface area contributed by atoms with Crippen LogP contribution in [0.4, 0.5) is 0 Å². The summed E-state index contributed by atoms with van der Waals surface area (Å²) in [5, 5.41) is 0. The van der Waals surface area contributed by atoms with Crippen LogP contribution < -0.4 is 0 Å². The van der Waals surface area contributed by atoms with Crippen molar-refractivity contribution in [3.8, 4) is 0 Å². The van der Waals surface area contributed by atoms with Crippen LogP contribution >= 0.6 is 11.6 Å². The summed E-state index contributed by atoms with van der Waals surface area (Å²) in [6.45, 7) is 2.09. The van der Waals surface area contributed by atoms with Crippen LogP contribution in [0, 0.1) is 6.92 Å². The molecule has 1 aliphatic rings. The Bertz CT molecular complexity index is 572. The Morgan fingerprint density at radius 1 is 1.44 bits per heavy atom. The standard InChI is InChI=1S/C14H17ClN2O/c1-9-3-4-13-12(5-9)16-14(8-15)17(13)10-6-11(7-10)18-2/h3-5,10-11H,6-8H2,1-2H3. The largest absolute Gasteiger partial charge is 0.381 e. The van der Waals surface area contributed by atoms with Gasteiger partial charge in [0.25, 0.3) is 0 Å². The number of methoxy groups -OCH3 is 1. The van der Waals surface area contributed by atoms with Gasteiger partial charge in [-0.05, 0) is 37.5 Å². The molecule has 1 fully saturated rings. The Hall–Kier alpha value is -1.06. The number of benzene rings is 1. The molecular weight excluding hydrogens is 248 g/mol. The van der Waals surface area contributed by atoms with E-state index in [9.17, 15) is 0 Å². The third-order valence-corrected chi connectivity index (χ3v) is 4.05. The first kappa shape index (κ1) is 12.0. The van der Waals surface area contributed by atoms with Crippen LogP contribution in [0.5, 0.6) is 0 Å². The second-order valence-corrected chi connectivity index (χ2v) is 5.27. The summed E-state index contributed by atoms with van der Waals surface area (Å²) in [5.74, 6) is 1.43. The van der Waals surface area contributed by atoms with Crippen molar-refractivity contribution in [2.24, 2.45) is 0 Å². The molecule has 0 aliphatic heterocycles. The minimum absolute atomic E-state index is 0.390. The number of hydrogen-bond acceptors (Lipinski definition) is 2. The van der Waals surface area contributed by atoms with Gasteiger partial charge in [-0.3, -0.25) is 0 Å². The maximum absolute atomic E-state index is 6.02. The molecule has 0 atom stereocenters. The zero-order chi connectivity index (χ0) is 12.7. The van der Waals surface area contributed by atoms with Gasteiger partial charge in [0.1, 0.15) is 5.82 Å². The number of imidazole rings is 1. The lowest BCUT2D eigenvalue weighted by Gasteiger charge is -2.36. The van der Waals surface area contributed by atoms with E-state index in [1.807, 2.05) is 0 Å². The van der Waals surface area contributed by atoms with Crippen molar-refractivity contribution in [3.63, 3.8) is 0 Å². The minimum atomic E-state index is 0.390. The summed E-state index contributed by atoms with van der Waals surface area (Å²) < 4.78 is 7.64. The summed E-state index contributed by atoms with van der Waals surface area (Å²) in [5.41, 5.74) is 3.47. The summed E-state index contributed by atoms with van der Waals surface area (Å²) in [6, 6.07) is 6.88. The minimum Gasteiger partial charge on any atom is -0.381 e. The highest BCUT2D eigenvalue weighted by Crippen LogP contribution is 2.37. The van der Waals surface area contributed by atoms with Crippen LogP contribution in [-0.2, 0) is 10.6 Å². The second-order valence-electron chi connectivity index (χ2n) is 5.01. The lowest BCUT2D eigenvalue weighted by molar-refractivity contribution is 0.00675. The molecule has 96 valence electrons. The molecule has 18 heavy (non-hydrogen) atoms. The number of nitrogens with zero attached hydrogens (tertiary/aromatic N) is 2. The van der Waals surface area contributed by atoms with E-state index in [-0.39, 0.29) is 0 Å². The van der Waals surface area contributed by atoms with Gasteiger partial charge < -0.3 is 9.30 Å². The monoisotopic (exact) mass is 264 g/mol. The zero-order valence-electron chi connectivity index (χ0n) is 10.7. The number of alkyl halides is 1. The quantitative estimate of drug-likeness (QED) is 0.794. The molecule has 1 aliphatic carbocycles. The summed E-state index contributed by atoms with van der Waals surface area (Å²) in [4.78, 5) is 4.64. The van der Waals surface area contributed by atoms with E-state index in [4.69, 9.17) is 16.3 Å². The van der Waals surface area contributed by atoms with Crippen molar-refractivity contribution in [3.05, 3.63) is 29.6 Å². The van der Waals surface area contributed by atoms with E-state index in [1.165, 1.54) is 11.1 Å². The van der Waals surface area contributed by atoms with Crippen molar-refractivity contribution in [2.45, 2.75) is 37.8 Å². The van der Waals surface area contributed by atoms with Crippen LogP contribution in [0.3, 0.4) is 0 Å². The molecular formula is C14H17ClN2O. The molecule has 3 nitrogen and oxygen atoms in total. The molecule has 1 aromatic carbocycles. The Kier molecular flexibility index (Phi) is 3.04. The smallest absolute Gasteiger partial charge is 0.125 e. The Labute approximate surface area is 112 Å². The van der Waals surface area contributed by atoms with Crippen LogP contribution in [-0.4, -0.2) is 22.8 Å². The molecule has 3 rings (SSSR count). The molecule has 0 amide bonds. The van der Waals surface area contributed by atoms with Crippen LogP contribution in [0.2, 0.25) is 0 Å². The number of fused-ring (bicyclic) bond motifs is 1. The van der Waals surface area contributed by atoms with Gasteiger partial charge in [0.15, 0.2) is 0 Å². The molecule has 0 saturated heterocycles. The molecule has 1 aromatic heterocycles. The predicted molar refractivity (Wildman–Crippen MR) is 73.1 cm³/mol. The molecule has 0 N–H and O–H groups in total. The van der Waals surface area contributed by atoms with Gasteiger partial charge in [0.05, 0.1) is 23.0 Å². The number of halogens is 1. The van der Waals surface area contributed by atoms with Crippen LogP contribution in [0.25, 0.3) is 11.0 Å². The molecule has 4 heteroatoms. The van der Waals surface area contributed by atoms with Crippen LogP contribution in [0.15, 0.2) is 18.2 Å². The number of ether oxygens (including phenoxy) is 1. The van der Waals surface area contributed by atoms with Gasteiger partial charge in [-0.2, -0.15) is 0 Å². The lowest BCUT2D eigenvalue weighted by Crippen LogP contribution is -2.33. The topological polar surface area (TPSA) is 27.1 Å². The Morgan fingerprint density at radius 2 is 2.22 bits per heavy atom. The second kappa shape index (κ2) is 4.56. The number of aryl methyl sites for hydroxylation is 1. The maximum atomic E-state index is 6.02. The fourth-order valence-corrected chi connectivity index (χ4v) is 2.89. The summed E-state index contributed by atoms with van der Waals surface area (Å²) >= 11 is 6.02. The fraction of sp³-hybridized carbons (Fsp3) is 0.500. The van der Waals surface area contributed by atoms with E-state index in [2.05, 4.69) is 34.7 Å². The maximum Gasteiger partial charge on any atom is 0.125 e. The number of aromatic nitrogens is 2. The number of rotatable bonds is 3. The Morgan fingerprint density at radius 3 is 2.89 bits per heavy atom. The average Bonchev–Trinajstić information content (AvgIpc) is 2.66. The first-order valence-corrected chi connectivity index (χ1v) is 6.82. The van der Waals surface area contributed by atoms with E-state index in [0.29, 0.717) is 18.0 Å². The summed E-state index contributed by atoms with van der Waals surface area (Å²) in [7, 11) is 1.78. The first-order chi connectivity index (χ1) is 8.72. The molecule has 0 unspecified atom stereocenters. The fourth-order valence-electron chi connectivity index (χ4n) is 2.70. The highest BCUT2D eigenvalue weighted by atomic mass is 35.5. The molecule has 1 saturated carbocycles. The average molecular weight is 265 g/mol. The first-order valence-electron chi connectivity index (χ1n) is 6.29.